The van der Waals surface area contributed by atoms with E-state index in [0.717, 1.165) is 41.3 Å². The number of aromatic nitrogens is 2. The molecule has 8 heteroatoms. The van der Waals surface area contributed by atoms with Gasteiger partial charge in [-0.2, -0.15) is 0 Å². The summed E-state index contributed by atoms with van der Waals surface area (Å²) in [5.74, 6) is 6.62. The van der Waals surface area contributed by atoms with Gasteiger partial charge in [-0.1, -0.05) is 42.4 Å². The van der Waals surface area contributed by atoms with Crippen molar-refractivity contribution in [3.05, 3.63) is 55.6 Å². The Hall–Kier alpha value is -1.83. The number of thiophene rings is 1. The summed E-state index contributed by atoms with van der Waals surface area (Å²) in [7, 11) is 0. The molecule has 0 radical (unpaired) electrons. The molecule has 0 spiro atoms. The second-order valence-electron chi connectivity index (χ2n) is 6.79. The molecule has 0 fully saturated rings. The van der Waals surface area contributed by atoms with Gasteiger partial charge in [-0.25, -0.2) is 9.66 Å². The van der Waals surface area contributed by atoms with Gasteiger partial charge in [0.05, 0.1) is 16.2 Å². The zero-order chi connectivity index (χ0) is 19.1. The highest BCUT2D eigenvalue weighted by Crippen LogP contribution is 2.36. The van der Waals surface area contributed by atoms with E-state index in [1.54, 1.807) is 35.6 Å². The van der Waals surface area contributed by atoms with E-state index in [4.69, 9.17) is 17.4 Å². The Bertz CT molecular complexity index is 1110. The molecular formula is C19H18ClN3O2S2. The van der Waals surface area contributed by atoms with Crippen molar-refractivity contribution in [3.8, 4) is 0 Å². The van der Waals surface area contributed by atoms with Crippen LogP contribution < -0.4 is 11.4 Å². The Morgan fingerprint density at radius 1 is 1.44 bits per heavy atom. The molecule has 1 aliphatic carbocycles. The van der Waals surface area contributed by atoms with E-state index in [9.17, 15) is 9.59 Å². The number of hydrogen-bond acceptors (Lipinski definition) is 6. The molecular weight excluding hydrogens is 402 g/mol. The van der Waals surface area contributed by atoms with Gasteiger partial charge in [0.15, 0.2) is 10.9 Å². The molecule has 27 heavy (non-hydrogen) atoms. The monoisotopic (exact) mass is 419 g/mol. The summed E-state index contributed by atoms with van der Waals surface area (Å²) in [5, 5.41) is 1.41. The lowest BCUT2D eigenvalue weighted by atomic mass is 9.89. The van der Waals surface area contributed by atoms with Crippen molar-refractivity contribution in [1.82, 2.24) is 9.66 Å². The maximum atomic E-state index is 12.8. The molecule has 0 saturated carbocycles. The topological polar surface area (TPSA) is 78.0 Å². The molecule has 2 N–H and O–H groups in total. The minimum absolute atomic E-state index is 0.112. The number of hydrogen-bond donors (Lipinski definition) is 1. The second kappa shape index (κ2) is 7.30. The minimum Gasteiger partial charge on any atom is -0.334 e. The van der Waals surface area contributed by atoms with Crippen molar-refractivity contribution >= 4 is 50.7 Å². The quantitative estimate of drug-likeness (QED) is 0.300. The number of ketones is 1. The molecule has 1 aromatic carbocycles. The number of halogens is 1. The third-order valence-corrected chi connectivity index (χ3v) is 7.27. The highest BCUT2D eigenvalue weighted by Gasteiger charge is 2.24. The number of Topliss-reactive ketones (excluding diaryl/α,β-unsaturated/α-hetero) is 1. The Morgan fingerprint density at radius 2 is 2.22 bits per heavy atom. The zero-order valence-electron chi connectivity index (χ0n) is 14.7. The van der Waals surface area contributed by atoms with Gasteiger partial charge in [-0.05, 0) is 42.9 Å². The van der Waals surface area contributed by atoms with Crippen molar-refractivity contribution in [3.63, 3.8) is 0 Å². The number of aryl methyl sites for hydroxylation is 1. The van der Waals surface area contributed by atoms with E-state index in [1.807, 2.05) is 0 Å². The van der Waals surface area contributed by atoms with Gasteiger partial charge >= 0.3 is 0 Å². The van der Waals surface area contributed by atoms with E-state index in [1.165, 1.54) is 4.88 Å². The molecule has 0 aliphatic heterocycles. The second-order valence-corrected chi connectivity index (χ2v) is 9.23. The predicted octanol–water partition coefficient (Wildman–Crippen LogP) is 3.93. The van der Waals surface area contributed by atoms with Crippen LogP contribution in [0.4, 0.5) is 0 Å². The molecule has 140 valence electrons. The molecule has 2 heterocycles. The highest BCUT2D eigenvalue weighted by molar-refractivity contribution is 7.99. The fourth-order valence-corrected chi connectivity index (χ4v) is 5.85. The maximum Gasteiger partial charge on any atom is 0.281 e. The van der Waals surface area contributed by atoms with E-state index < -0.39 is 0 Å². The summed E-state index contributed by atoms with van der Waals surface area (Å²) in [6.07, 6.45) is 2.95. The van der Waals surface area contributed by atoms with Crippen LogP contribution in [0.2, 0.25) is 5.02 Å². The largest absolute Gasteiger partial charge is 0.334 e. The van der Waals surface area contributed by atoms with E-state index in [2.05, 4.69) is 11.9 Å². The number of nitrogens with zero attached hydrogens (tertiary/aromatic N) is 2. The summed E-state index contributed by atoms with van der Waals surface area (Å²) >= 11 is 8.82. The average Bonchev–Trinajstić information content (AvgIpc) is 3.00. The zero-order valence-corrected chi connectivity index (χ0v) is 17.1. The molecule has 1 unspecified atom stereocenters. The summed E-state index contributed by atoms with van der Waals surface area (Å²) in [5.41, 5.74) is 1.33. The van der Waals surface area contributed by atoms with E-state index >= 15 is 0 Å². The fraction of sp³-hybridized carbons (Fsp3) is 0.316. The van der Waals surface area contributed by atoms with Gasteiger partial charge in [-0.15, -0.1) is 11.3 Å². The van der Waals surface area contributed by atoms with Crippen molar-refractivity contribution < 1.29 is 4.79 Å². The average molecular weight is 420 g/mol. The molecule has 1 aliphatic rings. The summed E-state index contributed by atoms with van der Waals surface area (Å²) in [4.78, 5) is 31.8. The molecule has 0 saturated heterocycles. The third-order valence-electron chi connectivity index (χ3n) is 4.84. The van der Waals surface area contributed by atoms with Crippen molar-refractivity contribution in [2.75, 3.05) is 11.6 Å². The van der Waals surface area contributed by atoms with Crippen LogP contribution in [0.25, 0.3) is 10.2 Å². The number of carbonyl (C=O) groups excluding carboxylic acids is 1. The van der Waals surface area contributed by atoms with Crippen LogP contribution in [0.1, 0.15) is 34.1 Å². The van der Waals surface area contributed by atoms with Gasteiger partial charge < -0.3 is 5.84 Å². The lowest BCUT2D eigenvalue weighted by molar-refractivity contribution is 0.102. The van der Waals surface area contributed by atoms with Crippen LogP contribution in [-0.4, -0.2) is 21.2 Å². The Kier molecular flexibility index (Phi) is 5.01. The number of benzene rings is 1. The number of rotatable bonds is 4. The molecule has 5 nitrogen and oxygen atoms in total. The summed E-state index contributed by atoms with van der Waals surface area (Å²) in [6.45, 7) is 2.23. The number of nitrogens with two attached hydrogens (primary N) is 1. The van der Waals surface area contributed by atoms with Crippen LogP contribution in [0.15, 0.2) is 34.2 Å². The maximum absolute atomic E-state index is 12.8. The van der Waals surface area contributed by atoms with Gasteiger partial charge in [-0.3, -0.25) is 9.59 Å². The normalized spacial score (nSPS) is 16.4. The van der Waals surface area contributed by atoms with Gasteiger partial charge in [0.1, 0.15) is 4.83 Å². The first-order valence-electron chi connectivity index (χ1n) is 8.68. The number of thioether (sulfide) groups is 1. The molecule has 0 amide bonds. The van der Waals surface area contributed by atoms with Crippen LogP contribution >= 0.6 is 34.7 Å². The third kappa shape index (κ3) is 3.39. The lowest BCUT2D eigenvalue weighted by Crippen LogP contribution is -2.30. The first-order valence-corrected chi connectivity index (χ1v) is 10.9. The van der Waals surface area contributed by atoms with E-state index in [-0.39, 0.29) is 17.1 Å². The molecule has 0 bridgehead atoms. The first-order chi connectivity index (χ1) is 13.0. The van der Waals surface area contributed by atoms with Crippen LogP contribution in [0.5, 0.6) is 0 Å². The molecule has 2 aromatic heterocycles. The lowest BCUT2D eigenvalue weighted by Gasteiger charge is -2.17. The highest BCUT2D eigenvalue weighted by atomic mass is 35.5. The standard InChI is InChI=1S/C19H18ClN3O2S2/c1-10-6-7-12-15(8-10)27-17-16(12)18(25)23(21)19(22-17)26-9-14(24)11-4-2-3-5-13(11)20/h2-5,10H,6-9,21H2,1H3. The molecule has 3 aromatic rings. The predicted molar refractivity (Wildman–Crippen MR) is 112 cm³/mol. The fourth-order valence-electron chi connectivity index (χ4n) is 3.38. The van der Waals surface area contributed by atoms with Gasteiger partial charge in [0.25, 0.3) is 5.56 Å². The van der Waals surface area contributed by atoms with Crippen LogP contribution in [0, 0.1) is 5.92 Å². The molecule has 1 atom stereocenters. The van der Waals surface area contributed by atoms with E-state index in [0.29, 0.717) is 31.9 Å². The smallest absolute Gasteiger partial charge is 0.281 e. The summed E-state index contributed by atoms with van der Waals surface area (Å²) in [6, 6.07) is 6.91. The van der Waals surface area contributed by atoms with Crippen molar-refractivity contribution in [2.45, 2.75) is 31.3 Å². The van der Waals surface area contributed by atoms with Crippen LogP contribution in [-0.2, 0) is 12.8 Å². The Morgan fingerprint density at radius 3 is 3.00 bits per heavy atom. The number of fused-ring (bicyclic) bond motifs is 3. The molecule has 4 rings (SSSR count). The SMILES string of the molecule is CC1CCc2c(sc3nc(SCC(=O)c4ccccc4Cl)n(N)c(=O)c23)C1. The van der Waals surface area contributed by atoms with Gasteiger partial charge in [0.2, 0.25) is 0 Å². The first kappa shape index (κ1) is 18.5. The summed E-state index contributed by atoms with van der Waals surface area (Å²) < 4.78 is 1.07. The minimum atomic E-state index is -0.236. The van der Waals surface area contributed by atoms with Crippen molar-refractivity contribution in [1.29, 1.82) is 0 Å². The van der Waals surface area contributed by atoms with Crippen LogP contribution in [0.3, 0.4) is 0 Å². The Labute approximate surface area is 169 Å². The number of carbonyl (C=O) groups is 1. The van der Waals surface area contributed by atoms with Gasteiger partial charge in [0, 0.05) is 10.4 Å². The Balaban J connectivity index is 1.65. The number of nitrogen functional groups attached to an aromatic ring is 1. The van der Waals surface area contributed by atoms with Crippen molar-refractivity contribution in [2.24, 2.45) is 5.92 Å².